The number of hydrogen-bond donors (Lipinski definition) is 0. The van der Waals surface area contributed by atoms with Gasteiger partial charge in [-0.15, -0.1) is 0 Å². The molecule has 1 aromatic heterocycles. The lowest BCUT2D eigenvalue weighted by Crippen LogP contribution is -1.96. The summed E-state index contributed by atoms with van der Waals surface area (Å²) in [5.41, 5.74) is 2.90. The molecule has 3 heteroatoms. The van der Waals surface area contributed by atoms with Crippen molar-refractivity contribution in [1.82, 2.24) is 4.57 Å². The SMILES string of the molecule is CCc1c(C=O)c2ccc(OC)cc2n1C. The molecular weight excluding hydrogens is 202 g/mol. The molecule has 3 nitrogen and oxygen atoms in total. The lowest BCUT2D eigenvalue weighted by Gasteiger charge is -2.02. The largest absolute Gasteiger partial charge is 0.497 e. The fourth-order valence-electron chi connectivity index (χ4n) is 2.18. The number of aldehydes is 1. The van der Waals surface area contributed by atoms with Gasteiger partial charge in [0.1, 0.15) is 5.75 Å². The van der Waals surface area contributed by atoms with Crippen molar-refractivity contribution in [3.63, 3.8) is 0 Å². The quantitative estimate of drug-likeness (QED) is 0.740. The van der Waals surface area contributed by atoms with Crippen LogP contribution in [-0.2, 0) is 13.5 Å². The normalized spacial score (nSPS) is 10.7. The van der Waals surface area contributed by atoms with Crippen LogP contribution in [0.1, 0.15) is 23.0 Å². The molecule has 0 unspecified atom stereocenters. The van der Waals surface area contributed by atoms with Gasteiger partial charge in [-0.3, -0.25) is 4.79 Å². The molecule has 84 valence electrons. The Morgan fingerprint density at radius 1 is 1.44 bits per heavy atom. The van der Waals surface area contributed by atoms with Crippen LogP contribution in [0.25, 0.3) is 10.9 Å². The van der Waals surface area contributed by atoms with Crippen LogP contribution < -0.4 is 4.74 Å². The minimum Gasteiger partial charge on any atom is -0.497 e. The van der Waals surface area contributed by atoms with Gasteiger partial charge in [-0.05, 0) is 18.6 Å². The molecule has 0 N–H and O–H groups in total. The van der Waals surface area contributed by atoms with Gasteiger partial charge in [-0.25, -0.2) is 0 Å². The number of ether oxygens (including phenoxy) is 1. The second kappa shape index (κ2) is 4.00. The van der Waals surface area contributed by atoms with Crippen LogP contribution in [0.5, 0.6) is 5.75 Å². The predicted octanol–water partition coefficient (Wildman–Crippen LogP) is 2.56. The third-order valence-corrected chi connectivity index (χ3v) is 3.02. The number of fused-ring (bicyclic) bond motifs is 1. The van der Waals surface area contributed by atoms with Gasteiger partial charge in [0, 0.05) is 29.8 Å². The molecule has 0 spiro atoms. The number of hydrogen-bond acceptors (Lipinski definition) is 2. The summed E-state index contributed by atoms with van der Waals surface area (Å²) in [4.78, 5) is 11.1. The molecule has 0 aliphatic carbocycles. The molecule has 0 saturated carbocycles. The van der Waals surface area contributed by atoms with Crippen molar-refractivity contribution in [2.75, 3.05) is 7.11 Å². The molecule has 0 radical (unpaired) electrons. The van der Waals surface area contributed by atoms with E-state index in [1.807, 2.05) is 25.2 Å². The van der Waals surface area contributed by atoms with Crippen molar-refractivity contribution in [3.05, 3.63) is 29.5 Å². The number of rotatable bonds is 3. The highest BCUT2D eigenvalue weighted by molar-refractivity contribution is 5.99. The first-order valence-electron chi connectivity index (χ1n) is 5.33. The number of nitrogens with zero attached hydrogens (tertiary/aromatic N) is 1. The number of benzene rings is 1. The van der Waals surface area contributed by atoms with E-state index < -0.39 is 0 Å². The van der Waals surface area contributed by atoms with E-state index in [1.54, 1.807) is 7.11 Å². The first kappa shape index (κ1) is 10.7. The summed E-state index contributed by atoms with van der Waals surface area (Å²) in [5, 5.41) is 0.996. The first-order chi connectivity index (χ1) is 7.72. The van der Waals surface area contributed by atoms with E-state index in [0.29, 0.717) is 0 Å². The topological polar surface area (TPSA) is 31.2 Å². The van der Waals surface area contributed by atoms with E-state index in [9.17, 15) is 4.79 Å². The Morgan fingerprint density at radius 2 is 2.19 bits per heavy atom. The molecule has 2 aromatic rings. The Morgan fingerprint density at radius 3 is 2.75 bits per heavy atom. The summed E-state index contributed by atoms with van der Waals surface area (Å²) in [6.45, 7) is 2.05. The summed E-state index contributed by atoms with van der Waals surface area (Å²) < 4.78 is 7.25. The zero-order valence-corrected chi connectivity index (χ0v) is 9.78. The van der Waals surface area contributed by atoms with Crippen LogP contribution >= 0.6 is 0 Å². The van der Waals surface area contributed by atoms with E-state index in [4.69, 9.17) is 4.74 Å². The summed E-state index contributed by atoms with van der Waals surface area (Å²) in [6, 6.07) is 5.79. The van der Waals surface area contributed by atoms with Gasteiger partial charge in [-0.1, -0.05) is 6.92 Å². The van der Waals surface area contributed by atoms with Crippen LogP contribution in [0.2, 0.25) is 0 Å². The highest BCUT2D eigenvalue weighted by atomic mass is 16.5. The predicted molar refractivity (Wildman–Crippen MR) is 64.2 cm³/mol. The number of carbonyl (C=O) groups is 1. The molecule has 0 aliphatic rings. The molecule has 2 rings (SSSR count). The van der Waals surface area contributed by atoms with Crippen molar-refractivity contribution in [2.45, 2.75) is 13.3 Å². The van der Waals surface area contributed by atoms with Gasteiger partial charge in [0.15, 0.2) is 6.29 Å². The summed E-state index contributed by atoms with van der Waals surface area (Å²) in [7, 11) is 3.62. The summed E-state index contributed by atoms with van der Waals surface area (Å²) in [6.07, 6.45) is 1.79. The van der Waals surface area contributed by atoms with Crippen molar-refractivity contribution < 1.29 is 9.53 Å². The van der Waals surface area contributed by atoms with Gasteiger partial charge in [-0.2, -0.15) is 0 Å². The van der Waals surface area contributed by atoms with Crippen LogP contribution in [-0.4, -0.2) is 18.0 Å². The van der Waals surface area contributed by atoms with E-state index >= 15 is 0 Å². The standard InChI is InChI=1S/C13H15NO2/c1-4-12-11(8-15)10-6-5-9(16-3)7-13(10)14(12)2/h5-8H,4H2,1-3H3. The van der Waals surface area contributed by atoms with Crippen LogP contribution in [0.15, 0.2) is 18.2 Å². The third kappa shape index (κ3) is 1.40. The van der Waals surface area contributed by atoms with Gasteiger partial charge >= 0.3 is 0 Å². The number of methoxy groups -OCH3 is 1. The van der Waals surface area contributed by atoms with E-state index in [-0.39, 0.29) is 0 Å². The molecule has 0 aliphatic heterocycles. The Labute approximate surface area is 94.6 Å². The summed E-state index contributed by atoms with van der Waals surface area (Å²) in [5.74, 6) is 0.813. The highest BCUT2D eigenvalue weighted by Crippen LogP contribution is 2.27. The molecule has 1 heterocycles. The average Bonchev–Trinajstić information content (AvgIpc) is 2.60. The molecule has 0 fully saturated rings. The maximum atomic E-state index is 11.1. The van der Waals surface area contributed by atoms with Crippen LogP contribution in [0.4, 0.5) is 0 Å². The van der Waals surface area contributed by atoms with E-state index in [0.717, 1.165) is 40.6 Å². The van der Waals surface area contributed by atoms with Crippen molar-refractivity contribution in [2.24, 2.45) is 7.05 Å². The monoisotopic (exact) mass is 217 g/mol. The molecule has 0 saturated heterocycles. The second-order valence-electron chi connectivity index (χ2n) is 3.77. The minimum absolute atomic E-state index is 0.794. The van der Waals surface area contributed by atoms with Gasteiger partial charge in [0.25, 0.3) is 0 Å². The Kier molecular flexibility index (Phi) is 2.69. The second-order valence-corrected chi connectivity index (χ2v) is 3.77. The van der Waals surface area contributed by atoms with Crippen molar-refractivity contribution in [3.8, 4) is 5.75 Å². The van der Waals surface area contributed by atoms with Crippen molar-refractivity contribution >= 4 is 17.2 Å². The fourth-order valence-corrected chi connectivity index (χ4v) is 2.18. The molecule has 16 heavy (non-hydrogen) atoms. The maximum absolute atomic E-state index is 11.1. The van der Waals surface area contributed by atoms with Gasteiger partial charge < -0.3 is 9.30 Å². The molecule has 0 atom stereocenters. The van der Waals surface area contributed by atoms with Gasteiger partial charge in [0.2, 0.25) is 0 Å². The zero-order valence-electron chi connectivity index (χ0n) is 9.78. The number of aryl methyl sites for hydroxylation is 1. The number of carbonyl (C=O) groups excluding carboxylic acids is 1. The minimum atomic E-state index is 0.794. The first-order valence-corrected chi connectivity index (χ1v) is 5.33. The molecular formula is C13H15NO2. The van der Waals surface area contributed by atoms with Crippen LogP contribution in [0.3, 0.4) is 0 Å². The lowest BCUT2D eigenvalue weighted by molar-refractivity contribution is 0.112. The third-order valence-electron chi connectivity index (χ3n) is 3.02. The van der Waals surface area contributed by atoms with Crippen LogP contribution in [0, 0.1) is 0 Å². The van der Waals surface area contributed by atoms with E-state index in [2.05, 4.69) is 11.5 Å². The summed E-state index contributed by atoms with van der Waals surface area (Å²) >= 11 is 0. The Balaban J connectivity index is 2.82. The maximum Gasteiger partial charge on any atom is 0.152 e. The Bertz CT molecular complexity index is 540. The van der Waals surface area contributed by atoms with Gasteiger partial charge in [0.05, 0.1) is 12.6 Å². The Hall–Kier alpha value is -1.77. The molecule has 0 amide bonds. The lowest BCUT2D eigenvalue weighted by atomic mass is 10.1. The molecule has 1 aromatic carbocycles. The smallest absolute Gasteiger partial charge is 0.152 e. The fraction of sp³-hybridized carbons (Fsp3) is 0.308. The molecule has 0 bridgehead atoms. The number of aromatic nitrogens is 1. The van der Waals surface area contributed by atoms with E-state index in [1.165, 1.54) is 0 Å². The highest BCUT2D eigenvalue weighted by Gasteiger charge is 2.13. The zero-order chi connectivity index (χ0) is 11.7. The average molecular weight is 217 g/mol. The van der Waals surface area contributed by atoms with Crippen molar-refractivity contribution in [1.29, 1.82) is 0 Å².